The average molecular weight is 830 g/mol. The summed E-state index contributed by atoms with van der Waals surface area (Å²) in [7, 11) is -4.89. The van der Waals surface area contributed by atoms with Crippen LogP contribution in [-0.4, -0.2) is 110 Å². The molecule has 0 bridgehead atoms. The van der Waals surface area contributed by atoms with Crippen molar-refractivity contribution in [2.75, 3.05) is 6.54 Å². The number of aliphatic carboxylic acids is 2. The summed E-state index contributed by atoms with van der Waals surface area (Å²) >= 11 is 0. The summed E-state index contributed by atoms with van der Waals surface area (Å²) < 4.78 is 15.8. The summed E-state index contributed by atoms with van der Waals surface area (Å²) in [5, 5.41) is 31.1. The van der Waals surface area contributed by atoms with Gasteiger partial charge >= 0.3 is 19.8 Å². The molecule has 15 N–H and O–H groups in total. The Labute approximate surface area is 329 Å². The molecule has 0 heterocycles. The lowest BCUT2D eigenvalue weighted by Gasteiger charge is -2.27. The molecule has 1 rings (SSSR count). The van der Waals surface area contributed by atoms with E-state index in [9.17, 15) is 43.2 Å². The van der Waals surface area contributed by atoms with Crippen LogP contribution < -0.4 is 48.3 Å². The molecular weight excluding hydrogens is 773 g/mol. The number of amides is 5. The molecule has 7 atom stereocenters. The number of carboxylic acid groups (broad SMARTS) is 2. The number of guanidine groups is 1. The second-order valence-electron chi connectivity index (χ2n) is 13.8. The van der Waals surface area contributed by atoms with Crippen LogP contribution in [0.4, 0.5) is 0 Å². The smallest absolute Gasteiger partial charge is 0.481 e. The topological polar surface area (TPSA) is 377 Å². The molecule has 22 nitrogen and oxygen atoms in total. The number of nitrogens with one attached hydrogen (secondary N) is 5. The molecule has 5 amide bonds. The van der Waals surface area contributed by atoms with Crippen molar-refractivity contribution in [2.45, 2.75) is 109 Å². The van der Waals surface area contributed by atoms with E-state index >= 15 is 0 Å². The fourth-order valence-corrected chi connectivity index (χ4v) is 5.59. The zero-order valence-electron chi connectivity index (χ0n) is 32.5. The average Bonchev–Trinajstić information content (AvgIpc) is 3.09. The van der Waals surface area contributed by atoms with Gasteiger partial charge in [-0.15, -0.1) is 0 Å². The first-order valence-electron chi connectivity index (χ1n) is 18.0. The maximum Gasteiger partial charge on any atom is 0.524 e. The van der Waals surface area contributed by atoms with Crippen molar-refractivity contribution >= 4 is 55.3 Å². The van der Waals surface area contributed by atoms with Crippen molar-refractivity contribution in [3.63, 3.8) is 0 Å². The molecule has 57 heavy (non-hydrogen) atoms. The SMILES string of the molecule is CC[C@H](C)[C@H](NC(=O)[C@H](CCCN=C(N)N)NC(=O)[C@H](C)NC(=O)[C@H](Cc1ccc(OP(=O)(O)O)cc1)NC(=O)[C@H](CC(C)C)NC(=O)[C@@H](N)CC(=O)O)C(=O)O. The molecule has 0 saturated carbocycles. The summed E-state index contributed by atoms with van der Waals surface area (Å²) in [4.78, 5) is 112. The van der Waals surface area contributed by atoms with E-state index in [1.54, 1.807) is 27.7 Å². The number of benzene rings is 1. The number of phosphoric ester groups is 1. The number of carbonyl (C=O) groups is 7. The van der Waals surface area contributed by atoms with Crippen molar-refractivity contribution in [1.82, 2.24) is 26.6 Å². The molecule has 320 valence electrons. The van der Waals surface area contributed by atoms with Crippen molar-refractivity contribution in [3.05, 3.63) is 29.8 Å². The molecule has 0 unspecified atom stereocenters. The van der Waals surface area contributed by atoms with E-state index in [1.807, 2.05) is 0 Å². The second-order valence-corrected chi connectivity index (χ2v) is 15.0. The highest BCUT2D eigenvalue weighted by atomic mass is 31.2. The predicted molar refractivity (Wildman–Crippen MR) is 205 cm³/mol. The van der Waals surface area contributed by atoms with Gasteiger partial charge in [-0.3, -0.25) is 43.5 Å². The van der Waals surface area contributed by atoms with Crippen molar-refractivity contribution in [1.29, 1.82) is 0 Å². The third-order valence-electron chi connectivity index (χ3n) is 8.40. The normalized spacial score (nSPS) is 15.0. The Morgan fingerprint density at radius 2 is 1.33 bits per heavy atom. The third kappa shape index (κ3) is 19.4. The summed E-state index contributed by atoms with van der Waals surface area (Å²) in [5.74, 6) is -8.03. The Morgan fingerprint density at radius 1 is 0.789 bits per heavy atom. The van der Waals surface area contributed by atoms with Crippen LogP contribution in [0, 0.1) is 11.8 Å². The first-order chi connectivity index (χ1) is 26.4. The Balaban J connectivity index is 3.39. The van der Waals surface area contributed by atoms with Gasteiger partial charge in [0.2, 0.25) is 29.5 Å². The molecular formula is C34H56N9O13P. The molecule has 1 aromatic carbocycles. The van der Waals surface area contributed by atoms with E-state index in [4.69, 9.17) is 32.1 Å². The number of hydrogen-bond acceptors (Lipinski definition) is 11. The first kappa shape index (κ1) is 49.7. The highest BCUT2D eigenvalue weighted by molar-refractivity contribution is 7.46. The number of carboxylic acids is 2. The molecule has 0 spiro atoms. The number of nitrogens with zero attached hydrogens (tertiary/aromatic N) is 1. The van der Waals surface area contributed by atoms with Crippen LogP contribution in [0.1, 0.15) is 72.3 Å². The molecule has 0 aromatic heterocycles. The zero-order chi connectivity index (χ0) is 43.6. The Hall–Kier alpha value is -5.31. The van der Waals surface area contributed by atoms with Gasteiger partial charge in [0, 0.05) is 13.0 Å². The summed E-state index contributed by atoms with van der Waals surface area (Å²) in [6.45, 7) is 8.25. The van der Waals surface area contributed by atoms with E-state index in [0.29, 0.717) is 12.0 Å². The van der Waals surface area contributed by atoms with Gasteiger partial charge in [-0.2, -0.15) is 0 Å². The van der Waals surface area contributed by atoms with Crippen LogP contribution in [0.2, 0.25) is 0 Å². The molecule has 0 saturated heterocycles. The fraction of sp³-hybridized carbons (Fsp3) is 0.588. The van der Waals surface area contributed by atoms with Gasteiger partial charge in [0.05, 0.1) is 12.5 Å². The van der Waals surface area contributed by atoms with Gasteiger partial charge in [-0.05, 0) is 55.7 Å². The largest absolute Gasteiger partial charge is 0.524 e. The number of carbonyl (C=O) groups excluding carboxylic acids is 5. The van der Waals surface area contributed by atoms with Gasteiger partial charge in [0.25, 0.3) is 0 Å². The summed E-state index contributed by atoms with van der Waals surface area (Å²) in [6, 6.07) is -2.98. The Bertz CT molecular complexity index is 1630. The predicted octanol–water partition coefficient (Wildman–Crippen LogP) is -1.82. The molecule has 0 radical (unpaired) electrons. The van der Waals surface area contributed by atoms with E-state index in [-0.39, 0.29) is 49.9 Å². The first-order valence-corrected chi connectivity index (χ1v) is 19.6. The highest BCUT2D eigenvalue weighted by Gasteiger charge is 2.33. The lowest BCUT2D eigenvalue weighted by Crippen LogP contribution is -2.59. The van der Waals surface area contributed by atoms with Gasteiger partial charge in [-0.25, -0.2) is 9.36 Å². The van der Waals surface area contributed by atoms with Crippen molar-refractivity contribution in [3.8, 4) is 5.75 Å². The van der Waals surface area contributed by atoms with Crippen LogP contribution in [-0.2, 0) is 44.5 Å². The van der Waals surface area contributed by atoms with E-state index in [0.717, 1.165) is 0 Å². The van der Waals surface area contributed by atoms with Gasteiger partial charge in [0.15, 0.2) is 5.96 Å². The lowest BCUT2D eigenvalue weighted by atomic mass is 9.98. The fourth-order valence-electron chi connectivity index (χ4n) is 5.19. The van der Waals surface area contributed by atoms with Crippen LogP contribution in [0.25, 0.3) is 0 Å². The van der Waals surface area contributed by atoms with Crippen LogP contribution >= 0.6 is 7.82 Å². The van der Waals surface area contributed by atoms with Gasteiger partial charge < -0.3 is 58.5 Å². The Kier molecular flexibility index (Phi) is 20.7. The number of nitrogens with two attached hydrogens (primary N) is 3. The number of aliphatic imine (C=N–C) groups is 1. The van der Waals surface area contributed by atoms with Crippen LogP contribution in [0.3, 0.4) is 0 Å². The van der Waals surface area contributed by atoms with Gasteiger partial charge in [-0.1, -0.05) is 46.2 Å². The molecule has 0 aliphatic heterocycles. The lowest BCUT2D eigenvalue weighted by molar-refractivity contribution is -0.144. The minimum atomic E-state index is -4.89. The number of rotatable bonds is 25. The standard InChI is InChI=1S/C34H56N9O13P/c1-6-18(4)27(33(51)52)43-30(48)23(8-7-13-38-34(36)37)40-28(46)19(5)39-31(49)25(15-20-9-11-21(12-10-20)56-57(53,54)55)42-32(50)24(14-17(2)3)41-29(47)22(35)16-26(44)45/h9-12,17-19,22-25,27H,6-8,13-16,35H2,1-5H3,(H,39,49)(H,40,46)(H,41,47)(H,42,50)(H,43,48)(H,44,45)(H,51,52)(H4,36,37,38)(H2,53,54,55)/t18-,19-,22-,23-,24-,25-,27-/m0/s1. The van der Waals surface area contributed by atoms with Gasteiger partial charge in [0.1, 0.15) is 36.0 Å². The zero-order valence-corrected chi connectivity index (χ0v) is 33.4. The van der Waals surface area contributed by atoms with E-state index in [2.05, 4.69) is 36.1 Å². The second kappa shape index (κ2) is 23.7. The molecule has 1 aromatic rings. The number of phosphoric acid groups is 1. The highest BCUT2D eigenvalue weighted by Crippen LogP contribution is 2.37. The summed E-state index contributed by atoms with van der Waals surface area (Å²) in [6.07, 6.45) is -0.337. The van der Waals surface area contributed by atoms with E-state index in [1.165, 1.54) is 31.2 Å². The van der Waals surface area contributed by atoms with Crippen molar-refractivity contribution < 1.29 is 62.7 Å². The maximum atomic E-state index is 13.8. The minimum absolute atomic E-state index is 0.0264. The molecule has 0 fully saturated rings. The quantitative estimate of drug-likeness (QED) is 0.0223. The molecule has 0 aliphatic carbocycles. The maximum absolute atomic E-state index is 13.8. The van der Waals surface area contributed by atoms with Crippen molar-refractivity contribution in [2.24, 2.45) is 34.0 Å². The third-order valence-corrected chi connectivity index (χ3v) is 8.85. The Morgan fingerprint density at radius 3 is 1.84 bits per heavy atom. The van der Waals surface area contributed by atoms with Crippen LogP contribution in [0.5, 0.6) is 5.75 Å². The number of hydrogen-bond donors (Lipinski definition) is 12. The molecule has 0 aliphatic rings. The summed E-state index contributed by atoms with van der Waals surface area (Å²) in [5.41, 5.74) is 16.8. The monoisotopic (exact) mass is 829 g/mol. The minimum Gasteiger partial charge on any atom is -0.481 e. The molecule has 23 heteroatoms. The van der Waals surface area contributed by atoms with E-state index < -0.39 is 97.9 Å². The van der Waals surface area contributed by atoms with Crippen LogP contribution in [0.15, 0.2) is 29.3 Å².